The SMILES string of the molecule is Cc1ccc(-n2nnc(-c3nc(-c4ccncc4)no3)c2N)cc1. The third kappa shape index (κ3) is 2.39. The van der Waals surface area contributed by atoms with E-state index in [1.54, 1.807) is 24.5 Å². The number of nitrogens with zero attached hydrogens (tertiary/aromatic N) is 6. The first kappa shape index (κ1) is 14.1. The number of benzene rings is 1. The van der Waals surface area contributed by atoms with Gasteiger partial charge in [0, 0.05) is 18.0 Å². The molecule has 2 N–H and O–H groups in total. The zero-order valence-electron chi connectivity index (χ0n) is 12.8. The van der Waals surface area contributed by atoms with Gasteiger partial charge >= 0.3 is 0 Å². The van der Waals surface area contributed by atoms with Gasteiger partial charge in [0.2, 0.25) is 5.82 Å². The lowest BCUT2D eigenvalue weighted by atomic mass is 10.2. The van der Waals surface area contributed by atoms with Gasteiger partial charge in [-0.05, 0) is 31.2 Å². The molecule has 0 spiro atoms. The van der Waals surface area contributed by atoms with E-state index in [0.29, 0.717) is 17.3 Å². The van der Waals surface area contributed by atoms with Crippen molar-refractivity contribution in [2.45, 2.75) is 6.92 Å². The van der Waals surface area contributed by atoms with Crippen molar-refractivity contribution < 1.29 is 4.52 Å². The lowest BCUT2D eigenvalue weighted by Crippen LogP contribution is -2.02. The summed E-state index contributed by atoms with van der Waals surface area (Å²) in [5, 5.41) is 12.1. The number of aromatic nitrogens is 6. The van der Waals surface area contributed by atoms with Gasteiger partial charge in [0.1, 0.15) is 0 Å². The molecule has 0 amide bonds. The molecule has 4 rings (SSSR count). The Morgan fingerprint density at radius 1 is 1.04 bits per heavy atom. The van der Waals surface area contributed by atoms with Crippen LogP contribution in [0.1, 0.15) is 5.56 Å². The second kappa shape index (κ2) is 5.58. The second-order valence-corrected chi connectivity index (χ2v) is 5.23. The number of anilines is 1. The highest BCUT2D eigenvalue weighted by atomic mass is 16.5. The fourth-order valence-electron chi connectivity index (χ4n) is 2.26. The number of aryl methyl sites for hydroxylation is 1. The topological polar surface area (TPSA) is 109 Å². The summed E-state index contributed by atoms with van der Waals surface area (Å²) in [6.07, 6.45) is 3.32. The van der Waals surface area contributed by atoms with Crippen LogP contribution in [0.25, 0.3) is 28.7 Å². The van der Waals surface area contributed by atoms with Gasteiger partial charge in [-0.3, -0.25) is 4.98 Å². The predicted octanol–water partition coefficient (Wildman–Crippen LogP) is 2.27. The fourth-order valence-corrected chi connectivity index (χ4v) is 2.26. The van der Waals surface area contributed by atoms with Crippen LogP contribution in [0, 0.1) is 6.92 Å². The maximum atomic E-state index is 6.15. The summed E-state index contributed by atoms with van der Waals surface area (Å²) in [4.78, 5) is 8.29. The Hall–Kier alpha value is -3.55. The van der Waals surface area contributed by atoms with Gasteiger partial charge in [-0.1, -0.05) is 28.1 Å². The fraction of sp³-hybridized carbons (Fsp3) is 0.0625. The number of nitrogens with two attached hydrogens (primary N) is 1. The first-order valence-corrected chi connectivity index (χ1v) is 7.25. The van der Waals surface area contributed by atoms with Crippen LogP contribution in [-0.2, 0) is 0 Å². The summed E-state index contributed by atoms with van der Waals surface area (Å²) in [5.74, 6) is 0.998. The molecule has 0 unspecified atom stereocenters. The Kier molecular flexibility index (Phi) is 3.27. The van der Waals surface area contributed by atoms with Crippen LogP contribution < -0.4 is 5.73 Å². The van der Waals surface area contributed by atoms with E-state index in [-0.39, 0.29) is 5.89 Å². The molecule has 0 aliphatic rings. The maximum absolute atomic E-state index is 6.15. The van der Waals surface area contributed by atoms with Gasteiger partial charge in [0.25, 0.3) is 5.89 Å². The van der Waals surface area contributed by atoms with E-state index < -0.39 is 0 Å². The molecule has 0 saturated heterocycles. The lowest BCUT2D eigenvalue weighted by Gasteiger charge is -2.02. The van der Waals surface area contributed by atoms with Crippen LogP contribution in [-0.4, -0.2) is 30.1 Å². The Morgan fingerprint density at radius 3 is 2.54 bits per heavy atom. The zero-order chi connectivity index (χ0) is 16.5. The predicted molar refractivity (Wildman–Crippen MR) is 87.0 cm³/mol. The summed E-state index contributed by atoms with van der Waals surface area (Å²) in [7, 11) is 0. The van der Waals surface area contributed by atoms with Crippen molar-refractivity contribution in [1.29, 1.82) is 0 Å². The molecule has 0 radical (unpaired) electrons. The van der Waals surface area contributed by atoms with Gasteiger partial charge in [0.05, 0.1) is 5.69 Å². The number of hydrogen-bond acceptors (Lipinski definition) is 7. The summed E-state index contributed by atoms with van der Waals surface area (Å²) < 4.78 is 6.81. The quantitative estimate of drug-likeness (QED) is 0.617. The maximum Gasteiger partial charge on any atom is 0.282 e. The Labute approximate surface area is 137 Å². The number of pyridine rings is 1. The van der Waals surface area contributed by atoms with Gasteiger partial charge in [-0.15, -0.1) is 5.10 Å². The van der Waals surface area contributed by atoms with E-state index in [1.165, 1.54) is 4.68 Å². The third-order valence-corrected chi connectivity index (χ3v) is 3.55. The molecule has 8 nitrogen and oxygen atoms in total. The standard InChI is InChI=1S/C16H13N7O/c1-10-2-4-12(5-3-10)23-14(17)13(20-22-23)16-19-15(21-24-16)11-6-8-18-9-7-11/h2-9H,17H2,1H3. The van der Waals surface area contributed by atoms with E-state index in [1.807, 2.05) is 31.2 Å². The van der Waals surface area contributed by atoms with Crippen molar-refractivity contribution in [1.82, 2.24) is 30.1 Å². The van der Waals surface area contributed by atoms with Crippen LogP contribution in [0.15, 0.2) is 53.3 Å². The second-order valence-electron chi connectivity index (χ2n) is 5.23. The number of rotatable bonds is 3. The molecule has 4 aromatic rings. The van der Waals surface area contributed by atoms with Gasteiger partial charge < -0.3 is 10.3 Å². The first-order valence-electron chi connectivity index (χ1n) is 7.25. The number of nitrogen functional groups attached to an aromatic ring is 1. The van der Waals surface area contributed by atoms with Crippen molar-refractivity contribution in [2.24, 2.45) is 0 Å². The van der Waals surface area contributed by atoms with Gasteiger partial charge in [0.15, 0.2) is 11.5 Å². The normalized spacial score (nSPS) is 10.9. The average molecular weight is 319 g/mol. The molecule has 0 bridgehead atoms. The monoisotopic (exact) mass is 319 g/mol. The summed E-state index contributed by atoms with van der Waals surface area (Å²) in [6, 6.07) is 11.4. The van der Waals surface area contributed by atoms with E-state index in [0.717, 1.165) is 16.8 Å². The molecular formula is C16H13N7O. The van der Waals surface area contributed by atoms with E-state index in [4.69, 9.17) is 10.3 Å². The van der Waals surface area contributed by atoms with Crippen LogP contribution in [0.5, 0.6) is 0 Å². The van der Waals surface area contributed by atoms with Crippen LogP contribution >= 0.6 is 0 Å². The summed E-state index contributed by atoms with van der Waals surface area (Å²) in [5.41, 5.74) is 9.26. The molecule has 118 valence electrons. The highest BCUT2D eigenvalue weighted by molar-refractivity contribution is 5.66. The van der Waals surface area contributed by atoms with Crippen molar-refractivity contribution in [3.8, 4) is 28.7 Å². The highest BCUT2D eigenvalue weighted by Crippen LogP contribution is 2.26. The lowest BCUT2D eigenvalue weighted by molar-refractivity contribution is 0.431. The molecule has 24 heavy (non-hydrogen) atoms. The largest absolute Gasteiger partial charge is 0.382 e. The molecule has 8 heteroatoms. The molecule has 1 aromatic carbocycles. The van der Waals surface area contributed by atoms with Crippen LogP contribution in [0.4, 0.5) is 5.82 Å². The van der Waals surface area contributed by atoms with Crippen LogP contribution in [0.3, 0.4) is 0 Å². The molecule has 0 aliphatic heterocycles. The third-order valence-electron chi connectivity index (χ3n) is 3.55. The Bertz CT molecular complexity index is 973. The Balaban J connectivity index is 1.71. The number of hydrogen-bond donors (Lipinski definition) is 1. The summed E-state index contributed by atoms with van der Waals surface area (Å²) >= 11 is 0. The molecule has 0 aliphatic carbocycles. The zero-order valence-corrected chi connectivity index (χ0v) is 12.8. The smallest absolute Gasteiger partial charge is 0.282 e. The van der Waals surface area contributed by atoms with Crippen molar-refractivity contribution in [3.05, 3.63) is 54.4 Å². The highest BCUT2D eigenvalue weighted by Gasteiger charge is 2.19. The van der Waals surface area contributed by atoms with Crippen molar-refractivity contribution >= 4 is 5.82 Å². The summed E-state index contributed by atoms with van der Waals surface area (Å²) in [6.45, 7) is 2.01. The minimum atomic E-state index is 0.220. The minimum absolute atomic E-state index is 0.220. The van der Waals surface area contributed by atoms with Crippen LogP contribution in [0.2, 0.25) is 0 Å². The van der Waals surface area contributed by atoms with Gasteiger partial charge in [-0.25, -0.2) is 0 Å². The minimum Gasteiger partial charge on any atom is -0.382 e. The van der Waals surface area contributed by atoms with Crippen molar-refractivity contribution in [2.75, 3.05) is 5.73 Å². The molecular weight excluding hydrogens is 306 g/mol. The van der Waals surface area contributed by atoms with Crippen molar-refractivity contribution in [3.63, 3.8) is 0 Å². The molecule has 0 fully saturated rings. The molecule has 3 heterocycles. The first-order chi connectivity index (χ1) is 11.7. The van der Waals surface area contributed by atoms with E-state index in [9.17, 15) is 0 Å². The molecule has 0 atom stereocenters. The Morgan fingerprint density at radius 2 is 1.79 bits per heavy atom. The van der Waals surface area contributed by atoms with E-state index in [2.05, 4.69) is 25.4 Å². The molecule has 3 aromatic heterocycles. The average Bonchev–Trinajstić information content (AvgIpc) is 3.23. The van der Waals surface area contributed by atoms with Gasteiger partial charge in [-0.2, -0.15) is 9.67 Å². The van der Waals surface area contributed by atoms with E-state index >= 15 is 0 Å². The molecule has 0 saturated carbocycles.